The zero-order chi connectivity index (χ0) is 18.4. The monoisotopic (exact) mass is 375 g/mol. The van der Waals surface area contributed by atoms with Crippen molar-refractivity contribution in [2.24, 2.45) is 4.99 Å². The Bertz CT molecular complexity index is 927. The molecule has 0 fully saturated rings. The van der Waals surface area contributed by atoms with Crippen molar-refractivity contribution in [1.82, 2.24) is 9.78 Å². The summed E-state index contributed by atoms with van der Waals surface area (Å²) >= 11 is 1.56. The molecule has 26 heavy (non-hydrogen) atoms. The van der Waals surface area contributed by atoms with Gasteiger partial charge in [0.2, 0.25) is 5.75 Å². The molecule has 1 aromatic heterocycles. The van der Waals surface area contributed by atoms with Crippen LogP contribution in [0.4, 0.5) is 5.82 Å². The zero-order valence-corrected chi connectivity index (χ0v) is 16.0. The molecule has 1 aromatic carbocycles. The molecule has 0 saturated carbocycles. The van der Waals surface area contributed by atoms with Gasteiger partial charge in [0.1, 0.15) is 13.2 Å². The van der Waals surface area contributed by atoms with E-state index in [1.807, 2.05) is 37.6 Å². The van der Waals surface area contributed by atoms with Crippen LogP contribution in [0.3, 0.4) is 0 Å². The number of H-pyrrole nitrogens is 1. The van der Waals surface area contributed by atoms with E-state index in [-0.39, 0.29) is 16.9 Å². The Labute approximate surface area is 155 Å². The second kappa shape index (κ2) is 6.42. The summed E-state index contributed by atoms with van der Waals surface area (Å²) in [5.74, 6) is 2.56. The van der Waals surface area contributed by atoms with Gasteiger partial charge in [-0.3, -0.25) is 14.6 Å². The molecule has 4 rings (SSSR count). The summed E-state index contributed by atoms with van der Waals surface area (Å²) in [6.45, 7) is 6.98. The molecular weight excluding hydrogens is 354 g/mol. The maximum atomic E-state index is 12.7. The number of hydrogen-bond acceptors (Lipinski definition) is 6. The quantitative estimate of drug-likeness (QED) is 0.889. The van der Waals surface area contributed by atoms with Gasteiger partial charge in [-0.05, 0) is 38.5 Å². The third kappa shape index (κ3) is 2.68. The molecule has 2 aliphatic heterocycles. The van der Waals surface area contributed by atoms with E-state index in [2.05, 4.69) is 10.1 Å². The van der Waals surface area contributed by atoms with Gasteiger partial charge in [0.05, 0.1) is 23.0 Å². The molecule has 1 N–H and O–H groups in total. The lowest BCUT2D eigenvalue weighted by molar-refractivity contribution is 0.165. The first-order valence-electron chi connectivity index (χ1n) is 8.53. The Hall–Kier alpha value is -2.35. The number of nitrogens with zero attached hydrogens (tertiary/aromatic N) is 2. The lowest BCUT2D eigenvalue weighted by atomic mass is 10.0. The van der Waals surface area contributed by atoms with Crippen LogP contribution >= 0.6 is 11.8 Å². The topological polar surface area (TPSA) is 77.8 Å². The fraction of sp³-hybridized carbons (Fsp3) is 0.444. The predicted octanol–water partition coefficient (Wildman–Crippen LogP) is 3.42. The Morgan fingerprint density at radius 2 is 2.12 bits per heavy atom. The summed E-state index contributed by atoms with van der Waals surface area (Å²) in [6, 6.07) is 3.96. The summed E-state index contributed by atoms with van der Waals surface area (Å²) in [5.41, 5.74) is 1.47. The summed E-state index contributed by atoms with van der Waals surface area (Å²) in [4.78, 5) is 17.3. The van der Waals surface area contributed by atoms with Crippen molar-refractivity contribution in [3.05, 3.63) is 33.6 Å². The first-order chi connectivity index (χ1) is 12.5. The number of benzene rings is 1. The molecule has 0 spiro atoms. The van der Waals surface area contributed by atoms with Gasteiger partial charge in [0, 0.05) is 6.04 Å². The highest BCUT2D eigenvalue weighted by Crippen LogP contribution is 2.48. The van der Waals surface area contributed by atoms with Crippen molar-refractivity contribution in [3.8, 4) is 17.2 Å². The molecule has 7 nitrogen and oxygen atoms in total. The number of hydrogen-bond donors (Lipinski definition) is 1. The van der Waals surface area contributed by atoms with Gasteiger partial charge in [-0.1, -0.05) is 11.8 Å². The van der Waals surface area contributed by atoms with E-state index in [9.17, 15) is 4.79 Å². The standard InChI is InChI=1S/C18H21N3O4S/c1-9(2)21-17-14(18(22)20-21)16(26-10(3)19-17)11-7-12(23-4)15-13(8-11)24-5-6-25-15/h7-9,16H,5-6H2,1-4H3,(H,20,22)/t16-/m0/s1. The number of thioether (sulfide) groups is 1. The van der Waals surface area contributed by atoms with Crippen LogP contribution < -0.4 is 19.8 Å². The van der Waals surface area contributed by atoms with Crippen molar-refractivity contribution in [2.75, 3.05) is 20.3 Å². The Morgan fingerprint density at radius 3 is 2.85 bits per heavy atom. The van der Waals surface area contributed by atoms with E-state index in [0.717, 1.165) is 10.6 Å². The summed E-state index contributed by atoms with van der Waals surface area (Å²) in [5, 5.41) is 3.64. The molecule has 138 valence electrons. The van der Waals surface area contributed by atoms with E-state index < -0.39 is 0 Å². The molecule has 0 aliphatic carbocycles. The van der Waals surface area contributed by atoms with Crippen LogP contribution in [0, 0.1) is 0 Å². The smallest absolute Gasteiger partial charge is 0.271 e. The molecule has 0 amide bonds. The molecule has 0 bridgehead atoms. The largest absolute Gasteiger partial charge is 0.493 e. The molecule has 3 heterocycles. The normalized spacial score (nSPS) is 18.5. The van der Waals surface area contributed by atoms with E-state index in [4.69, 9.17) is 14.2 Å². The van der Waals surface area contributed by atoms with Crippen molar-refractivity contribution in [1.29, 1.82) is 0 Å². The Kier molecular flexibility index (Phi) is 4.22. The highest BCUT2D eigenvalue weighted by molar-refractivity contribution is 8.14. The minimum atomic E-state index is -0.184. The number of aromatic nitrogens is 2. The van der Waals surface area contributed by atoms with Crippen LogP contribution in [-0.2, 0) is 0 Å². The van der Waals surface area contributed by atoms with Crippen molar-refractivity contribution in [3.63, 3.8) is 0 Å². The second-order valence-electron chi connectivity index (χ2n) is 6.52. The number of methoxy groups -OCH3 is 1. The SMILES string of the molecule is COc1cc([C@@H]2SC(C)=Nc3c2c(=O)[nH]n3C(C)C)cc2c1OCCO2. The third-order valence-corrected chi connectivity index (χ3v) is 5.60. The van der Waals surface area contributed by atoms with Gasteiger partial charge in [-0.2, -0.15) is 0 Å². The molecule has 0 radical (unpaired) electrons. The highest BCUT2D eigenvalue weighted by Gasteiger charge is 2.32. The minimum absolute atomic E-state index is 0.113. The molecule has 1 atom stereocenters. The summed E-state index contributed by atoms with van der Waals surface area (Å²) < 4.78 is 18.8. The van der Waals surface area contributed by atoms with E-state index >= 15 is 0 Å². The first-order valence-corrected chi connectivity index (χ1v) is 9.41. The molecule has 2 aromatic rings. The number of rotatable bonds is 3. The maximum absolute atomic E-state index is 12.7. The van der Waals surface area contributed by atoms with Crippen LogP contribution in [0.15, 0.2) is 21.9 Å². The highest BCUT2D eigenvalue weighted by atomic mass is 32.2. The van der Waals surface area contributed by atoms with Crippen molar-refractivity contribution >= 4 is 22.6 Å². The average Bonchev–Trinajstić information content (AvgIpc) is 2.96. The van der Waals surface area contributed by atoms with Crippen LogP contribution in [0.2, 0.25) is 0 Å². The van der Waals surface area contributed by atoms with Crippen LogP contribution in [0.5, 0.6) is 17.2 Å². The van der Waals surface area contributed by atoms with Crippen LogP contribution in [-0.4, -0.2) is 35.1 Å². The third-order valence-electron chi connectivity index (χ3n) is 4.42. The van der Waals surface area contributed by atoms with Gasteiger partial charge in [0.25, 0.3) is 5.56 Å². The number of nitrogens with one attached hydrogen (secondary N) is 1. The lowest BCUT2D eigenvalue weighted by Gasteiger charge is -2.25. The minimum Gasteiger partial charge on any atom is -0.493 e. The Balaban J connectivity index is 1.88. The number of ether oxygens (including phenoxy) is 3. The molecule has 0 unspecified atom stereocenters. The zero-order valence-electron chi connectivity index (χ0n) is 15.2. The molecular formula is C18H21N3O4S. The fourth-order valence-electron chi connectivity index (χ4n) is 3.26. The van der Waals surface area contributed by atoms with Gasteiger partial charge < -0.3 is 14.2 Å². The number of aliphatic imine (C=N–C) groups is 1. The molecule has 0 saturated heterocycles. The second-order valence-corrected chi connectivity index (χ2v) is 7.82. The molecule has 8 heteroatoms. The Morgan fingerprint density at radius 1 is 1.35 bits per heavy atom. The first kappa shape index (κ1) is 17.1. The molecule has 2 aliphatic rings. The van der Waals surface area contributed by atoms with E-state index in [1.54, 1.807) is 18.9 Å². The fourth-order valence-corrected chi connectivity index (χ4v) is 4.35. The van der Waals surface area contributed by atoms with E-state index in [1.165, 1.54) is 0 Å². The lowest BCUT2D eigenvalue weighted by Crippen LogP contribution is -2.17. The predicted molar refractivity (Wildman–Crippen MR) is 102 cm³/mol. The average molecular weight is 375 g/mol. The number of aromatic amines is 1. The van der Waals surface area contributed by atoms with Gasteiger partial charge in [-0.15, -0.1) is 0 Å². The van der Waals surface area contributed by atoms with Crippen molar-refractivity contribution < 1.29 is 14.2 Å². The van der Waals surface area contributed by atoms with Crippen LogP contribution in [0.1, 0.15) is 43.2 Å². The summed E-state index contributed by atoms with van der Waals surface area (Å²) in [7, 11) is 1.60. The van der Waals surface area contributed by atoms with Crippen LogP contribution in [0.25, 0.3) is 0 Å². The van der Waals surface area contributed by atoms with Crippen molar-refractivity contribution in [2.45, 2.75) is 32.1 Å². The van der Waals surface area contributed by atoms with Gasteiger partial charge >= 0.3 is 0 Å². The maximum Gasteiger partial charge on any atom is 0.271 e. The summed E-state index contributed by atoms with van der Waals surface area (Å²) in [6.07, 6.45) is 0. The van der Waals surface area contributed by atoms with Gasteiger partial charge in [0.15, 0.2) is 17.3 Å². The van der Waals surface area contributed by atoms with Gasteiger partial charge in [-0.25, -0.2) is 4.99 Å². The van der Waals surface area contributed by atoms with E-state index in [0.29, 0.717) is 41.8 Å². The number of fused-ring (bicyclic) bond motifs is 2.